The Hall–Kier alpha value is -2.51. The summed E-state index contributed by atoms with van der Waals surface area (Å²) in [5.74, 6) is 0.712. The van der Waals surface area contributed by atoms with Crippen molar-refractivity contribution >= 4 is 36.5 Å². The standard InChI is InChI=1S/C20H21N3O6S3/c1-28-16-4-2-15(3-5-16)19-14-30-20(21-19)22-31(24,25)17-6-8-18(9-7-17)32(26,27)23-10-12-29-13-11-23/h2-9,14H,10-13H2,1H3,(H,21,22). The lowest BCUT2D eigenvalue weighted by Gasteiger charge is -2.26. The molecular formula is C20H21N3O6S3. The molecular weight excluding hydrogens is 474 g/mol. The third-order valence-corrected chi connectivity index (χ3v) is 9.01. The molecule has 12 heteroatoms. The van der Waals surface area contributed by atoms with Crippen molar-refractivity contribution in [1.82, 2.24) is 9.29 Å². The fourth-order valence-electron chi connectivity index (χ4n) is 3.12. The largest absolute Gasteiger partial charge is 0.497 e. The number of hydrogen-bond donors (Lipinski definition) is 1. The van der Waals surface area contributed by atoms with Gasteiger partial charge in [0.2, 0.25) is 10.0 Å². The number of nitrogens with one attached hydrogen (secondary N) is 1. The maximum absolute atomic E-state index is 12.8. The highest BCUT2D eigenvalue weighted by Crippen LogP contribution is 2.28. The van der Waals surface area contributed by atoms with Gasteiger partial charge in [-0.25, -0.2) is 21.8 Å². The summed E-state index contributed by atoms with van der Waals surface area (Å²) in [6.45, 7) is 1.21. The van der Waals surface area contributed by atoms with E-state index < -0.39 is 20.0 Å². The van der Waals surface area contributed by atoms with Gasteiger partial charge in [0.05, 0.1) is 35.8 Å². The van der Waals surface area contributed by atoms with E-state index in [1.807, 2.05) is 12.1 Å². The number of morpholine rings is 1. The molecule has 1 saturated heterocycles. The second-order valence-corrected chi connectivity index (χ2v) is 11.3. The van der Waals surface area contributed by atoms with Gasteiger partial charge < -0.3 is 9.47 Å². The van der Waals surface area contributed by atoms with Gasteiger partial charge in [0.25, 0.3) is 10.0 Å². The second-order valence-electron chi connectivity index (χ2n) is 6.86. The molecule has 0 atom stereocenters. The van der Waals surface area contributed by atoms with Crippen molar-refractivity contribution in [1.29, 1.82) is 0 Å². The zero-order valence-electron chi connectivity index (χ0n) is 17.1. The summed E-state index contributed by atoms with van der Waals surface area (Å²) in [4.78, 5) is 4.32. The zero-order chi connectivity index (χ0) is 22.8. The predicted octanol–water partition coefficient (Wildman–Crippen LogP) is 2.64. The Labute approximate surface area is 190 Å². The molecule has 0 spiro atoms. The molecule has 9 nitrogen and oxygen atoms in total. The fourth-order valence-corrected chi connectivity index (χ4v) is 6.50. The average molecular weight is 496 g/mol. The van der Waals surface area contributed by atoms with Crippen LogP contribution in [0.4, 0.5) is 5.13 Å². The smallest absolute Gasteiger partial charge is 0.263 e. The monoisotopic (exact) mass is 495 g/mol. The van der Waals surface area contributed by atoms with Crippen molar-refractivity contribution < 1.29 is 26.3 Å². The molecule has 0 aliphatic carbocycles. The van der Waals surface area contributed by atoms with Gasteiger partial charge in [-0.3, -0.25) is 4.72 Å². The Morgan fingerprint density at radius 3 is 2.22 bits per heavy atom. The number of ether oxygens (including phenoxy) is 2. The van der Waals surface area contributed by atoms with E-state index in [0.717, 1.165) is 16.9 Å². The first kappa shape index (κ1) is 22.7. The van der Waals surface area contributed by atoms with Gasteiger partial charge in [0.15, 0.2) is 5.13 Å². The molecule has 0 unspecified atom stereocenters. The molecule has 1 N–H and O–H groups in total. The molecule has 0 saturated carbocycles. The van der Waals surface area contributed by atoms with Crippen molar-refractivity contribution in [3.8, 4) is 17.0 Å². The van der Waals surface area contributed by atoms with Gasteiger partial charge in [-0.15, -0.1) is 11.3 Å². The topological polar surface area (TPSA) is 115 Å². The van der Waals surface area contributed by atoms with Crippen molar-refractivity contribution in [3.63, 3.8) is 0 Å². The lowest BCUT2D eigenvalue weighted by Crippen LogP contribution is -2.40. The van der Waals surface area contributed by atoms with E-state index in [9.17, 15) is 16.8 Å². The minimum atomic E-state index is -3.93. The van der Waals surface area contributed by atoms with Gasteiger partial charge >= 0.3 is 0 Å². The van der Waals surface area contributed by atoms with E-state index in [1.165, 1.54) is 28.6 Å². The number of benzene rings is 2. The van der Waals surface area contributed by atoms with E-state index in [-0.39, 0.29) is 28.0 Å². The minimum Gasteiger partial charge on any atom is -0.497 e. The molecule has 170 valence electrons. The summed E-state index contributed by atoms with van der Waals surface area (Å²) in [5.41, 5.74) is 1.45. The van der Waals surface area contributed by atoms with Crippen LogP contribution in [0.1, 0.15) is 0 Å². The lowest BCUT2D eigenvalue weighted by molar-refractivity contribution is 0.0730. The average Bonchev–Trinajstić information content (AvgIpc) is 3.27. The van der Waals surface area contributed by atoms with Gasteiger partial charge in [0.1, 0.15) is 5.75 Å². The highest BCUT2D eigenvalue weighted by molar-refractivity contribution is 7.93. The van der Waals surface area contributed by atoms with E-state index in [2.05, 4.69) is 9.71 Å². The molecule has 2 heterocycles. The first-order valence-corrected chi connectivity index (χ1v) is 13.4. The number of aromatic nitrogens is 1. The summed E-state index contributed by atoms with van der Waals surface area (Å²) < 4.78 is 65.0. The van der Waals surface area contributed by atoms with Gasteiger partial charge in [0, 0.05) is 24.0 Å². The maximum Gasteiger partial charge on any atom is 0.263 e. The molecule has 0 amide bonds. The number of thiazole rings is 1. The Morgan fingerprint density at radius 2 is 1.59 bits per heavy atom. The Balaban J connectivity index is 1.49. The van der Waals surface area contributed by atoms with Crippen molar-refractivity contribution in [3.05, 3.63) is 53.9 Å². The second kappa shape index (κ2) is 9.16. The van der Waals surface area contributed by atoms with Crippen LogP contribution in [-0.2, 0) is 24.8 Å². The summed E-state index contributed by atoms with van der Waals surface area (Å²) in [7, 11) is -6.05. The van der Waals surface area contributed by atoms with Crippen LogP contribution in [0.25, 0.3) is 11.3 Å². The van der Waals surface area contributed by atoms with Crippen molar-refractivity contribution in [2.45, 2.75) is 9.79 Å². The van der Waals surface area contributed by atoms with Crippen LogP contribution in [-0.4, -0.2) is 59.5 Å². The van der Waals surface area contributed by atoms with Crippen LogP contribution in [0.3, 0.4) is 0 Å². The Bertz CT molecular complexity index is 1280. The normalized spacial score (nSPS) is 15.4. The van der Waals surface area contributed by atoms with Gasteiger partial charge in [-0.2, -0.15) is 4.31 Å². The summed E-state index contributed by atoms with van der Waals surface area (Å²) in [5, 5.41) is 1.96. The van der Waals surface area contributed by atoms with Crippen LogP contribution in [0.15, 0.2) is 63.7 Å². The SMILES string of the molecule is COc1ccc(-c2csc(NS(=O)(=O)c3ccc(S(=O)(=O)N4CCOCC4)cc3)n2)cc1. The van der Waals surface area contributed by atoms with E-state index in [0.29, 0.717) is 24.7 Å². The molecule has 1 aliphatic heterocycles. The minimum absolute atomic E-state index is 0.0365. The summed E-state index contributed by atoms with van der Waals surface area (Å²) in [6.07, 6.45) is 0. The number of nitrogens with zero attached hydrogens (tertiary/aromatic N) is 2. The van der Waals surface area contributed by atoms with Crippen molar-refractivity contribution in [2.75, 3.05) is 38.1 Å². The highest BCUT2D eigenvalue weighted by Gasteiger charge is 2.27. The lowest BCUT2D eigenvalue weighted by atomic mass is 10.2. The summed E-state index contributed by atoms with van der Waals surface area (Å²) in [6, 6.07) is 12.4. The van der Waals surface area contributed by atoms with E-state index in [1.54, 1.807) is 24.6 Å². The van der Waals surface area contributed by atoms with Crippen LogP contribution in [0, 0.1) is 0 Å². The highest BCUT2D eigenvalue weighted by atomic mass is 32.2. The van der Waals surface area contributed by atoms with Gasteiger partial charge in [-0.05, 0) is 48.5 Å². The zero-order valence-corrected chi connectivity index (χ0v) is 19.5. The third-order valence-electron chi connectivity index (χ3n) is 4.85. The Morgan fingerprint density at radius 1 is 0.969 bits per heavy atom. The third kappa shape index (κ3) is 4.79. The van der Waals surface area contributed by atoms with E-state index in [4.69, 9.17) is 9.47 Å². The first-order valence-electron chi connectivity index (χ1n) is 9.60. The number of anilines is 1. The molecule has 4 rings (SSSR count). The number of rotatable bonds is 7. The molecule has 0 bridgehead atoms. The van der Waals surface area contributed by atoms with Crippen LogP contribution >= 0.6 is 11.3 Å². The van der Waals surface area contributed by atoms with Crippen LogP contribution in [0.5, 0.6) is 5.75 Å². The molecule has 2 aromatic carbocycles. The Kier molecular flexibility index (Phi) is 6.49. The summed E-state index contributed by atoms with van der Waals surface area (Å²) >= 11 is 1.16. The number of hydrogen-bond acceptors (Lipinski definition) is 8. The number of methoxy groups -OCH3 is 1. The maximum atomic E-state index is 12.8. The van der Waals surface area contributed by atoms with Crippen LogP contribution in [0.2, 0.25) is 0 Å². The van der Waals surface area contributed by atoms with Crippen LogP contribution < -0.4 is 9.46 Å². The molecule has 32 heavy (non-hydrogen) atoms. The van der Waals surface area contributed by atoms with Gasteiger partial charge in [-0.1, -0.05) is 0 Å². The molecule has 1 fully saturated rings. The first-order chi connectivity index (χ1) is 15.3. The molecule has 1 aliphatic rings. The predicted molar refractivity (Wildman–Crippen MR) is 121 cm³/mol. The fraction of sp³-hybridized carbons (Fsp3) is 0.250. The van der Waals surface area contributed by atoms with E-state index >= 15 is 0 Å². The molecule has 0 radical (unpaired) electrons. The molecule has 1 aromatic heterocycles. The number of sulfonamides is 2. The quantitative estimate of drug-likeness (QED) is 0.536. The molecule has 3 aromatic rings. The van der Waals surface area contributed by atoms with Crippen molar-refractivity contribution in [2.24, 2.45) is 0 Å².